The third kappa shape index (κ3) is 5.16. The average Bonchev–Trinajstić information content (AvgIpc) is 3.57. The lowest BCUT2D eigenvalue weighted by Gasteiger charge is -2.29. The van der Waals surface area contributed by atoms with Gasteiger partial charge in [-0.25, -0.2) is 14.8 Å². The maximum absolute atomic E-state index is 13.3. The fourth-order valence-corrected chi connectivity index (χ4v) is 4.92. The van der Waals surface area contributed by atoms with Gasteiger partial charge in [0.25, 0.3) is 5.91 Å². The fourth-order valence-electron chi connectivity index (χ4n) is 4.92. The summed E-state index contributed by atoms with van der Waals surface area (Å²) >= 11 is 0. The topological polar surface area (TPSA) is 147 Å². The number of nitrogens with zero attached hydrogens (tertiary/aromatic N) is 5. The Bertz CT molecular complexity index is 1290. The van der Waals surface area contributed by atoms with E-state index in [1.54, 1.807) is 4.90 Å². The summed E-state index contributed by atoms with van der Waals surface area (Å²) in [6, 6.07) is 4.96. The smallest absolute Gasteiger partial charge is 0.328 e. The van der Waals surface area contributed by atoms with E-state index in [0.29, 0.717) is 75.4 Å². The molecule has 3 amide bonds. The van der Waals surface area contributed by atoms with Gasteiger partial charge in [-0.3, -0.25) is 19.8 Å². The molecule has 0 aliphatic carbocycles. The van der Waals surface area contributed by atoms with Crippen molar-refractivity contribution in [2.75, 3.05) is 43.6 Å². The first-order valence-electron chi connectivity index (χ1n) is 12.5. The molecule has 198 valence electrons. The molecule has 3 aliphatic rings. The highest BCUT2D eigenvalue weighted by Gasteiger charge is 2.33. The van der Waals surface area contributed by atoms with Crippen molar-refractivity contribution in [3.05, 3.63) is 40.7 Å². The first-order valence-corrected chi connectivity index (χ1v) is 12.5. The van der Waals surface area contributed by atoms with E-state index in [1.807, 2.05) is 6.07 Å². The maximum Gasteiger partial charge on any atom is 0.328 e. The number of aromatic nitrogens is 2. The van der Waals surface area contributed by atoms with Crippen molar-refractivity contribution in [2.24, 2.45) is 0 Å². The van der Waals surface area contributed by atoms with E-state index < -0.39 is 12.1 Å². The molecule has 2 fully saturated rings. The third-order valence-corrected chi connectivity index (χ3v) is 6.93. The number of carbonyl (C=O) groups is 3. The number of methoxy groups -OCH3 is 1. The highest BCUT2D eigenvalue weighted by molar-refractivity contribution is 6.01. The summed E-state index contributed by atoms with van der Waals surface area (Å²) in [7, 11) is 1.51. The zero-order chi connectivity index (χ0) is 26.6. The van der Waals surface area contributed by atoms with Crippen molar-refractivity contribution in [1.29, 1.82) is 5.26 Å². The molecule has 0 saturated carbocycles. The highest BCUT2D eigenvalue weighted by atomic mass is 16.5. The Balaban J connectivity index is 1.34. The number of aldehydes is 1. The van der Waals surface area contributed by atoms with Gasteiger partial charge in [0.15, 0.2) is 6.29 Å². The number of nitriles is 1. The lowest BCUT2D eigenvalue weighted by molar-refractivity contribution is -0.136. The summed E-state index contributed by atoms with van der Waals surface area (Å²) in [6.07, 6.45) is 4.07. The van der Waals surface area contributed by atoms with E-state index in [4.69, 9.17) is 14.2 Å². The molecule has 38 heavy (non-hydrogen) atoms. The van der Waals surface area contributed by atoms with E-state index >= 15 is 0 Å². The van der Waals surface area contributed by atoms with Crippen LogP contribution in [0.15, 0.2) is 18.3 Å². The predicted molar refractivity (Wildman–Crippen MR) is 134 cm³/mol. The van der Waals surface area contributed by atoms with Gasteiger partial charge in [-0.05, 0) is 24.5 Å². The third-order valence-electron chi connectivity index (χ3n) is 6.93. The molecular weight excluding hydrogens is 492 g/mol. The van der Waals surface area contributed by atoms with Crippen molar-refractivity contribution >= 4 is 29.9 Å². The molecule has 5 heterocycles. The van der Waals surface area contributed by atoms with Crippen LogP contribution in [0.4, 0.5) is 16.4 Å². The van der Waals surface area contributed by atoms with Crippen molar-refractivity contribution in [1.82, 2.24) is 14.9 Å². The Morgan fingerprint density at radius 3 is 2.92 bits per heavy atom. The Labute approximate surface area is 219 Å². The summed E-state index contributed by atoms with van der Waals surface area (Å²) in [5.41, 5.74) is 1.90. The number of pyridine rings is 2. The first kappa shape index (κ1) is 25.6. The van der Waals surface area contributed by atoms with Gasteiger partial charge in [-0.1, -0.05) is 0 Å². The number of ether oxygens (including phenoxy) is 3. The van der Waals surface area contributed by atoms with Gasteiger partial charge in [-0.2, -0.15) is 5.26 Å². The van der Waals surface area contributed by atoms with E-state index in [1.165, 1.54) is 24.3 Å². The number of amides is 3. The number of carbonyl (C=O) groups excluding carboxylic acids is 3. The normalized spacial score (nSPS) is 20.7. The van der Waals surface area contributed by atoms with Crippen molar-refractivity contribution in [2.45, 2.75) is 44.4 Å². The lowest BCUT2D eigenvalue weighted by Crippen LogP contribution is -2.40. The fraction of sp³-hybridized carbons (Fsp3) is 0.462. The van der Waals surface area contributed by atoms with Gasteiger partial charge in [-0.15, -0.1) is 0 Å². The van der Waals surface area contributed by atoms with E-state index in [-0.39, 0.29) is 35.6 Å². The molecular formula is C26H28N6O6. The Kier molecular flexibility index (Phi) is 7.48. The largest absolute Gasteiger partial charge is 0.486 e. The number of likely N-dealkylation sites (tertiary alicyclic amines) is 1. The molecule has 0 radical (unpaired) electrons. The quantitative estimate of drug-likeness (QED) is 0.542. The van der Waals surface area contributed by atoms with Crippen LogP contribution in [-0.2, 0) is 27.2 Å². The summed E-state index contributed by atoms with van der Waals surface area (Å²) in [4.78, 5) is 49.5. The molecule has 0 spiro atoms. The van der Waals surface area contributed by atoms with Gasteiger partial charge < -0.3 is 19.1 Å². The lowest BCUT2D eigenvalue weighted by atomic mass is 10.0. The zero-order valence-electron chi connectivity index (χ0n) is 21.0. The SMILES string of the molecule is COC1CCN(Cc2cc3c(nc2C=O)N(C(=O)Nc2cc(OC4CCOC4)c(C#N)cn2)CCC3)C1=O. The molecule has 1 N–H and O–H groups in total. The minimum atomic E-state index is -0.465. The van der Waals surface area contributed by atoms with Crippen molar-refractivity contribution < 1.29 is 28.6 Å². The van der Waals surface area contributed by atoms with E-state index in [9.17, 15) is 19.6 Å². The number of urea groups is 1. The van der Waals surface area contributed by atoms with Crippen LogP contribution >= 0.6 is 0 Å². The number of hydrogen-bond donors (Lipinski definition) is 1. The second-order valence-corrected chi connectivity index (χ2v) is 9.37. The first-order chi connectivity index (χ1) is 18.5. The molecule has 2 unspecified atom stereocenters. The minimum Gasteiger partial charge on any atom is -0.486 e. The summed E-state index contributed by atoms with van der Waals surface area (Å²) < 4.78 is 16.5. The molecule has 2 atom stereocenters. The van der Waals surface area contributed by atoms with Crippen LogP contribution in [0.1, 0.15) is 46.4 Å². The van der Waals surface area contributed by atoms with Crippen molar-refractivity contribution in [3.8, 4) is 11.8 Å². The second-order valence-electron chi connectivity index (χ2n) is 9.37. The van der Waals surface area contributed by atoms with Crippen LogP contribution < -0.4 is 15.0 Å². The van der Waals surface area contributed by atoms with Crippen LogP contribution in [-0.4, -0.2) is 78.7 Å². The minimum absolute atomic E-state index is 0.109. The number of anilines is 2. The molecule has 2 aromatic heterocycles. The molecule has 5 rings (SSSR count). The Morgan fingerprint density at radius 2 is 2.21 bits per heavy atom. The zero-order valence-corrected chi connectivity index (χ0v) is 21.0. The molecule has 0 bridgehead atoms. The van der Waals surface area contributed by atoms with Crippen LogP contribution in [0.3, 0.4) is 0 Å². The number of nitrogens with one attached hydrogen (secondary N) is 1. The van der Waals surface area contributed by atoms with Gasteiger partial charge >= 0.3 is 6.03 Å². The summed E-state index contributed by atoms with van der Waals surface area (Å²) in [5.74, 6) is 0.838. The number of fused-ring (bicyclic) bond motifs is 1. The summed E-state index contributed by atoms with van der Waals surface area (Å²) in [6.45, 7) is 2.23. The van der Waals surface area contributed by atoms with Crippen molar-refractivity contribution in [3.63, 3.8) is 0 Å². The standard InChI is InChI=1S/C26H28N6O6/c1-36-21-4-7-31(25(21)34)13-17-9-16-3-2-6-32(24(16)29-20(17)14-33)26(35)30-23-10-22(18(11-27)12-28-23)38-19-5-8-37-15-19/h9-10,12,14,19,21H,2-8,13,15H2,1H3,(H,28,30,35). The van der Waals surface area contributed by atoms with Crippen LogP contribution in [0.2, 0.25) is 0 Å². The number of aryl methyl sites for hydroxylation is 1. The Hall–Kier alpha value is -4.08. The highest BCUT2D eigenvalue weighted by Crippen LogP contribution is 2.30. The second kappa shape index (κ2) is 11.1. The number of rotatable bonds is 7. The molecule has 2 saturated heterocycles. The Morgan fingerprint density at radius 1 is 1.34 bits per heavy atom. The molecule has 3 aliphatic heterocycles. The maximum atomic E-state index is 13.3. The average molecular weight is 521 g/mol. The molecule has 0 aromatic carbocycles. The molecule has 12 heteroatoms. The van der Waals surface area contributed by atoms with E-state index in [0.717, 1.165) is 5.56 Å². The van der Waals surface area contributed by atoms with Gasteiger partial charge in [0.05, 0.1) is 19.4 Å². The number of hydrogen-bond acceptors (Lipinski definition) is 9. The predicted octanol–water partition coefficient (Wildman–Crippen LogP) is 2.06. The van der Waals surface area contributed by atoms with Crippen LogP contribution in [0, 0.1) is 11.3 Å². The van der Waals surface area contributed by atoms with Crippen LogP contribution in [0.25, 0.3) is 0 Å². The van der Waals surface area contributed by atoms with Crippen LogP contribution in [0.5, 0.6) is 5.75 Å². The molecule has 12 nitrogen and oxygen atoms in total. The van der Waals surface area contributed by atoms with E-state index in [2.05, 4.69) is 21.4 Å². The summed E-state index contributed by atoms with van der Waals surface area (Å²) in [5, 5.41) is 12.2. The van der Waals surface area contributed by atoms with Gasteiger partial charge in [0.2, 0.25) is 0 Å². The van der Waals surface area contributed by atoms with Gasteiger partial charge in [0.1, 0.15) is 46.9 Å². The van der Waals surface area contributed by atoms with Gasteiger partial charge in [0, 0.05) is 51.2 Å². The monoisotopic (exact) mass is 520 g/mol. The molecule has 2 aromatic rings.